The van der Waals surface area contributed by atoms with Crippen molar-refractivity contribution in [2.45, 2.75) is 6.92 Å². The summed E-state index contributed by atoms with van der Waals surface area (Å²) in [6.07, 6.45) is 0. The van der Waals surface area contributed by atoms with Crippen LogP contribution in [0.1, 0.15) is 15.9 Å². The lowest BCUT2D eigenvalue weighted by Gasteiger charge is -2.07. The predicted molar refractivity (Wildman–Crippen MR) is 68.6 cm³/mol. The number of carboxylic acids is 1. The molecule has 0 unspecified atom stereocenters. The van der Waals surface area contributed by atoms with E-state index in [0.29, 0.717) is 11.1 Å². The SMILES string of the molecule is Cc1cc([N+](=O)[O-])ccc1C(=O)NCCOCC(=O)O. The van der Waals surface area contributed by atoms with Gasteiger partial charge in [0.25, 0.3) is 11.6 Å². The van der Waals surface area contributed by atoms with E-state index in [4.69, 9.17) is 9.84 Å². The number of nitro benzene ring substituents is 1. The summed E-state index contributed by atoms with van der Waals surface area (Å²) in [5.41, 5.74) is 0.737. The van der Waals surface area contributed by atoms with Crippen molar-refractivity contribution >= 4 is 17.6 Å². The number of non-ortho nitro benzene ring substituents is 1. The maximum Gasteiger partial charge on any atom is 0.329 e. The Morgan fingerprint density at radius 2 is 2.15 bits per heavy atom. The van der Waals surface area contributed by atoms with E-state index in [2.05, 4.69) is 5.32 Å². The van der Waals surface area contributed by atoms with Crippen LogP contribution in [0.3, 0.4) is 0 Å². The molecule has 0 bridgehead atoms. The lowest BCUT2D eigenvalue weighted by molar-refractivity contribution is -0.384. The number of aliphatic carboxylic acids is 1. The molecular formula is C12H14N2O6. The molecule has 1 amide bonds. The number of ether oxygens (including phenoxy) is 1. The molecule has 20 heavy (non-hydrogen) atoms. The zero-order chi connectivity index (χ0) is 15.1. The first-order valence-corrected chi connectivity index (χ1v) is 5.74. The van der Waals surface area contributed by atoms with Crippen LogP contribution in [0.2, 0.25) is 0 Å². The fourth-order valence-electron chi connectivity index (χ4n) is 1.51. The molecule has 0 aliphatic heterocycles. The highest BCUT2D eigenvalue weighted by Gasteiger charge is 2.13. The van der Waals surface area contributed by atoms with Gasteiger partial charge in [0.15, 0.2) is 0 Å². The highest BCUT2D eigenvalue weighted by molar-refractivity contribution is 5.95. The molecule has 0 aliphatic carbocycles. The number of nitrogens with one attached hydrogen (secondary N) is 1. The zero-order valence-corrected chi connectivity index (χ0v) is 10.8. The summed E-state index contributed by atoms with van der Waals surface area (Å²) in [7, 11) is 0. The van der Waals surface area contributed by atoms with Crippen molar-refractivity contribution in [1.82, 2.24) is 5.32 Å². The third kappa shape index (κ3) is 4.65. The highest BCUT2D eigenvalue weighted by atomic mass is 16.6. The third-order valence-corrected chi connectivity index (χ3v) is 2.42. The molecule has 8 heteroatoms. The number of benzene rings is 1. The Bertz CT molecular complexity index is 529. The summed E-state index contributed by atoms with van der Waals surface area (Å²) >= 11 is 0. The largest absolute Gasteiger partial charge is 0.480 e. The molecule has 1 aromatic carbocycles. The van der Waals surface area contributed by atoms with Gasteiger partial charge in [-0.1, -0.05) is 0 Å². The summed E-state index contributed by atoms with van der Waals surface area (Å²) in [4.78, 5) is 32.0. The number of hydrogen-bond acceptors (Lipinski definition) is 5. The van der Waals surface area contributed by atoms with Gasteiger partial charge in [-0.15, -0.1) is 0 Å². The van der Waals surface area contributed by atoms with Crippen LogP contribution in [0.25, 0.3) is 0 Å². The molecule has 0 aromatic heterocycles. The Morgan fingerprint density at radius 3 is 2.70 bits per heavy atom. The Kier molecular flexibility index (Phi) is 5.60. The normalized spacial score (nSPS) is 10.1. The average Bonchev–Trinajstić information content (AvgIpc) is 2.37. The van der Waals surface area contributed by atoms with Crippen LogP contribution in [0, 0.1) is 17.0 Å². The van der Waals surface area contributed by atoms with Crippen LogP contribution in [0.4, 0.5) is 5.69 Å². The van der Waals surface area contributed by atoms with Gasteiger partial charge in [-0.2, -0.15) is 0 Å². The van der Waals surface area contributed by atoms with Gasteiger partial charge in [-0.25, -0.2) is 4.79 Å². The molecule has 0 saturated carbocycles. The smallest absolute Gasteiger partial charge is 0.329 e. The van der Waals surface area contributed by atoms with Crippen LogP contribution in [-0.2, 0) is 9.53 Å². The number of hydrogen-bond donors (Lipinski definition) is 2. The fourth-order valence-corrected chi connectivity index (χ4v) is 1.51. The highest BCUT2D eigenvalue weighted by Crippen LogP contribution is 2.16. The van der Waals surface area contributed by atoms with E-state index >= 15 is 0 Å². The van der Waals surface area contributed by atoms with Crippen LogP contribution < -0.4 is 5.32 Å². The van der Waals surface area contributed by atoms with E-state index in [1.165, 1.54) is 18.2 Å². The van der Waals surface area contributed by atoms with Gasteiger partial charge in [0.05, 0.1) is 11.5 Å². The van der Waals surface area contributed by atoms with Crippen molar-refractivity contribution in [3.8, 4) is 0 Å². The Balaban J connectivity index is 2.51. The molecule has 0 saturated heterocycles. The summed E-state index contributed by atoms with van der Waals surface area (Å²) < 4.78 is 4.76. The number of amides is 1. The van der Waals surface area contributed by atoms with Gasteiger partial charge in [0.1, 0.15) is 6.61 Å². The second-order valence-electron chi connectivity index (χ2n) is 3.96. The number of carbonyl (C=O) groups is 2. The minimum atomic E-state index is -1.08. The first kappa shape index (κ1) is 15.6. The molecule has 1 rings (SSSR count). The molecule has 0 atom stereocenters. The number of aryl methyl sites for hydroxylation is 1. The molecule has 0 fully saturated rings. The second kappa shape index (κ2) is 7.19. The molecule has 0 aliphatic rings. The van der Waals surface area contributed by atoms with E-state index in [1.54, 1.807) is 6.92 Å². The zero-order valence-electron chi connectivity index (χ0n) is 10.8. The predicted octanol–water partition coefficient (Wildman–Crippen LogP) is 0.734. The number of carbonyl (C=O) groups excluding carboxylic acids is 1. The van der Waals surface area contributed by atoms with E-state index in [0.717, 1.165) is 0 Å². The minimum absolute atomic E-state index is 0.0735. The Labute approximate surface area is 114 Å². The van der Waals surface area contributed by atoms with Gasteiger partial charge in [-0.05, 0) is 18.6 Å². The van der Waals surface area contributed by atoms with Crippen LogP contribution in [0.15, 0.2) is 18.2 Å². The van der Waals surface area contributed by atoms with Crippen LogP contribution in [0.5, 0.6) is 0 Å². The van der Waals surface area contributed by atoms with E-state index in [9.17, 15) is 19.7 Å². The van der Waals surface area contributed by atoms with Gasteiger partial charge in [0.2, 0.25) is 0 Å². The lowest BCUT2D eigenvalue weighted by atomic mass is 10.1. The summed E-state index contributed by atoms with van der Waals surface area (Å²) in [6, 6.07) is 3.94. The van der Waals surface area contributed by atoms with Crippen LogP contribution in [-0.4, -0.2) is 41.7 Å². The van der Waals surface area contributed by atoms with Gasteiger partial charge in [-0.3, -0.25) is 14.9 Å². The maximum atomic E-state index is 11.8. The Hall–Kier alpha value is -2.48. The molecule has 0 heterocycles. The molecule has 2 N–H and O–H groups in total. The third-order valence-electron chi connectivity index (χ3n) is 2.42. The van der Waals surface area contributed by atoms with Crippen molar-refractivity contribution < 1.29 is 24.4 Å². The van der Waals surface area contributed by atoms with Crippen molar-refractivity contribution in [1.29, 1.82) is 0 Å². The van der Waals surface area contributed by atoms with E-state index in [1.807, 2.05) is 0 Å². The van der Waals surface area contributed by atoms with Crippen molar-refractivity contribution in [2.24, 2.45) is 0 Å². The topological polar surface area (TPSA) is 119 Å². The molecule has 1 aromatic rings. The number of carboxylic acid groups (broad SMARTS) is 1. The monoisotopic (exact) mass is 282 g/mol. The van der Waals surface area contributed by atoms with Crippen molar-refractivity contribution in [3.05, 3.63) is 39.4 Å². The van der Waals surface area contributed by atoms with E-state index < -0.39 is 23.4 Å². The summed E-state index contributed by atoms with van der Waals surface area (Å²) in [6.45, 7) is 1.40. The Morgan fingerprint density at radius 1 is 1.45 bits per heavy atom. The van der Waals surface area contributed by atoms with Gasteiger partial charge >= 0.3 is 5.97 Å². The molecule has 108 valence electrons. The van der Waals surface area contributed by atoms with Crippen molar-refractivity contribution in [3.63, 3.8) is 0 Å². The first-order chi connectivity index (χ1) is 9.41. The summed E-state index contributed by atoms with van der Waals surface area (Å²) in [5.74, 6) is -1.47. The maximum absolute atomic E-state index is 11.8. The minimum Gasteiger partial charge on any atom is -0.480 e. The first-order valence-electron chi connectivity index (χ1n) is 5.74. The number of rotatable bonds is 7. The van der Waals surface area contributed by atoms with Crippen molar-refractivity contribution in [2.75, 3.05) is 19.8 Å². The fraction of sp³-hybridized carbons (Fsp3) is 0.333. The van der Waals surface area contributed by atoms with Gasteiger partial charge in [0, 0.05) is 24.2 Å². The summed E-state index contributed by atoms with van der Waals surface area (Å²) in [5, 5.41) is 21.4. The number of nitro groups is 1. The number of nitrogens with zero attached hydrogens (tertiary/aromatic N) is 1. The molecule has 0 spiro atoms. The van der Waals surface area contributed by atoms with Gasteiger partial charge < -0.3 is 15.2 Å². The van der Waals surface area contributed by atoms with Crippen LogP contribution >= 0.6 is 0 Å². The quantitative estimate of drug-likeness (QED) is 0.432. The molecule has 8 nitrogen and oxygen atoms in total. The molecule has 0 radical (unpaired) electrons. The molecular weight excluding hydrogens is 268 g/mol. The lowest BCUT2D eigenvalue weighted by Crippen LogP contribution is -2.28. The average molecular weight is 282 g/mol. The van der Waals surface area contributed by atoms with E-state index in [-0.39, 0.29) is 18.8 Å². The standard InChI is InChI=1S/C12H14N2O6/c1-8-6-9(14(18)19)2-3-10(8)12(17)13-4-5-20-7-11(15)16/h2-3,6H,4-5,7H2,1H3,(H,13,17)(H,15,16). The second-order valence-corrected chi connectivity index (χ2v) is 3.96.